The zero-order valence-electron chi connectivity index (χ0n) is 17.8. The molecule has 1 unspecified atom stereocenters. The van der Waals surface area contributed by atoms with Gasteiger partial charge in [0, 0.05) is 16.5 Å². The molecule has 4 aromatic rings. The normalized spacial score (nSPS) is 11.9. The van der Waals surface area contributed by atoms with Crippen LogP contribution in [0.5, 0.6) is 0 Å². The van der Waals surface area contributed by atoms with Crippen LogP contribution in [-0.2, 0) is 6.54 Å². The average molecular weight is 411 g/mol. The summed E-state index contributed by atoms with van der Waals surface area (Å²) in [7, 11) is 0. The van der Waals surface area contributed by atoms with Gasteiger partial charge in [-0.3, -0.25) is 9.59 Å². The van der Waals surface area contributed by atoms with Gasteiger partial charge >= 0.3 is 0 Å². The number of hydrogen-bond donors (Lipinski definition) is 1. The lowest BCUT2D eigenvalue weighted by Crippen LogP contribution is -2.32. The molecule has 4 rings (SSSR count). The largest absolute Gasteiger partial charge is 0.345 e. The number of nitrogens with one attached hydrogen (secondary N) is 1. The maximum Gasteiger partial charge on any atom is 0.258 e. The van der Waals surface area contributed by atoms with Crippen LogP contribution in [0.25, 0.3) is 10.8 Å². The molecule has 0 spiro atoms. The van der Waals surface area contributed by atoms with Gasteiger partial charge in [-0.05, 0) is 30.5 Å². The predicted octanol–water partition coefficient (Wildman–Crippen LogP) is 5.24. The molecule has 0 aliphatic heterocycles. The SMILES string of the molecule is CCC(NC(=O)c1c(C)n(Cc2ccccc2)c(=O)c2ccccc12)c1ccccc1. The van der Waals surface area contributed by atoms with E-state index in [1.807, 2.05) is 85.8 Å². The van der Waals surface area contributed by atoms with Gasteiger partial charge in [0.25, 0.3) is 11.5 Å². The summed E-state index contributed by atoms with van der Waals surface area (Å²) < 4.78 is 1.70. The van der Waals surface area contributed by atoms with Crippen molar-refractivity contribution in [3.05, 3.63) is 118 Å². The van der Waals surface area contributed by atoms with E-state index < -0.39 is 0 Å². The van der Waals surface area contributed by atoms with Crippen LogP contribution >= 0.6 is 0 Å². The molecule has 1 N–H and O–H groups in total. The highest BCUT2D eigenvalue weighted by molar-refractivity contribution is 6.07. The van der Waals surface area contributed by atoms with E-state index in [1.54, 1.807) is 10.6 Å². The molecule has 0 aliphatic carbocycles. The van der Waals surface area contributed by atoms with Gasteiger partial charge < -0.3 is 9.88 Å². The Morgan fingerprint density at radius 2 is 1.45 bits per heavy atom. The molecule has 1 aromatic heterocycles. The molecule has 31 heavy (non-hydrogen) atoms. The molecular weight excluding hydrogens is 384 g/mol. The zero-order valence-corrected chi connectivity index (χ0v) is 17.8. The third kappa shape index (κ3) is 4.15. The molecule has 0 bridgehead atoms. The van der Waals surface area contributed by atoms with Gasteiger partial charge in [0.15, 0.2) is 0 Å². The fourth-order valence-corrected chi connectivity index (χ4v) is 4.10. The minimum Gasteiger partial charge on any atom is -0.345 e. The van der Waals surface area contributed by atoms with Gasteiger partial charge in [0.1, 0.15) is 0 Å². The predicted molar refractivity (Wildman–Crippen MR) is 125 cm³/mol. The Kier molecular flexibility index (Phi) is 5.99. The first-order valence-electron chi connectivity index (χ1n) is 10.6. The van der Waals surface area contributed by atoms with Crippen molar-refractivity contribution in [3.63, 3.8) is 0 Å². The number of pyridine rings is 1. The van der Waals surface area contributed by atoms with E-state index in [0.717, 1.165) is 17.5 Å². The Hall–Kier alpha value is -3.66. The lowest BCUT2D eigenvalue weighted by Gasteiger charge is -2.21. The monoisotopic (exact) mass is 410 g/mol. The second-order valence-electron chi connectivity index (χ2n) is 7.73. The Morgan fingerprint density at radius 3 is 2.10 bits per heavy atom. The highest BCUT2D eigenvalue weighted by Crippen LogP contribution is 2.23. The summed E-state index contributed by atoms with van der Waals surface area (Å²) in [6, 6.07) is 27.1. The summed E-state index contributed by atoms with van der Waals surface area (Å²) in [5.74, 6) is -0.161. The van der Waals surface area contributed by atoms with Crippen molar-refractivity contribution >= 4 is 16.7 Å². The van der Waals surface area contributed by atoms with Crippen molar-refractivity contribution in [2.45, 2.75) is 32.9 Å². The summed E-state index contributed by atoms with van der Waals surface area (Å²) in [6.07, 6.45) is 0.774. The average Bonchev–Trinajstić information content (AvgIpc) is 2.81. The quantitative estimate of drug-likeness (QED) is 0.473. The van der Waals surface area contributed by atoms with E-state index in [2.05, 4.69) is 12.2 Å². The fraction of sp³-hybridized carbons (Fsp3) is 0.185. The van der Waals surface area contributed by atoms with Gasteiger partial charge in [-0.1, -0.05) is 85.8 Å². The van der Waals surface area contributed by atoms with E-state index in [4.69, 9.17) is 0 Å². The lowest BCUT2D eigenvalue weighted by atomic mass is 10.0. The van der Waals surface area contributed by atoms with Gasteiger partial charge in [-0.2, -0.15) is 0 Å². The number of nitrogens with zero attached hydrogens (tertiary/aromatic N) is 1. The number of rotatable bonds is 6. The smallest absolute Gasteiger partial charge is 0.258 e. The highest BCUT2D eigenvalue weighted by Gasteiger charge is 2.21. The van der Waals surface area contributed by atoms with E-state index in [1.165, 1.54) is 0 Å². The van der Waals surface area contributed by atoms with Gasteiger partial charge in [-0.15, -0.1) is 0 Å². The minimum atomic E-state index is -0.161. The molecule has 0 saturated heterocycles. The van der Waals surface area contributed by atoms with E-state index >= 15 is 0 Å². The second kappa shape index (κ2) is 9.00. The van der Waals surface area contributed by atoms with E-state index in [-0.39, 0.29) is 17.5 Å². The molecule has 0 radical (unpaired) electrons. The summed E-state index contributed by atoms with van der Waals surface area (Å²) in [5, 5.41) is 4.44. The molecule has 1 heterocycles. The standard InChI is InChI=1S/C27H26N2O2/c1-3-24(21-14-8-5-9-15-21)28-26(30)25-19(2)29(18-20-12-6-4-7-13-20)27(31)23-17-11-10-16-22(23)25/h4-17,24H,3,18H2,1-2H3,(H,28,30). The molecule has 1 atom stereocenters. The first-order chi connectivity index (χ1) is 15.1. The zero-order chi connectivity index (χ0) is 21.8. The van der Waals surface area contributed by atoms with Crippen molar-refractivity contribution in [1.82, 2.24) is 9.88 Å². The van der Waals surface area contributed by atoms with Crippen molar-refractivity contribution in [2.24, 2.45) is 0 Å². The van der Waals surface area contributed by atoms with Gasteiger partial charge in [0.05, 0.1) is 18.2 Å². The van der Waals surface area contributed by atoms with Crippen LogP contribution < -0.4 is 10.9 Å². The van der Waals surface area contributed by atoms with Crippen molar-refractivity contribution in [3.8, 4) is 0 Å². The molecular formula is C27H26N2O2. The van der Waals surface area contributed by atoms with E-state index in [0.29, 0.717) is 28.6 Å². The lowest BCUT2D eigenvalue weighted by molar-refractivity contribution is 0.0935. The summed E-state index contributed by atoms with van der Waals surface area (Å²) >= 11 is 0. The third-order valence-electron chi connectivity index (χ3n) is 5.76. The molecule has 0 aliphatic rings. The Balaban J connectivity index is 1.81. The van der Waals surface area contributed by atoms with Crippen LogP contribution in [0.3, 0.4) is 0 Å². The molecule has 4 nitrogen and oxygen atoms in total. The number of fused-ring (bicyclic) bond motifs is 1. The maximum atomic E-state index is 13.5. The molecule has 0 saturated carbocycles. The second-order valence-corrected chi connectivity index (χ2v) is 7.73. The molecule has 0 fully saturated rings. The fourth-order valence-electron chi connectivity index (χ4n) is 4.10. The third-order valence-corrected chi connectivity index (χ3v) is 5.76. The van der Waals surface area contributed by atoms with Crippen LogP contribution in [0.1, 0.15) is 46.6 Å². The molecule has 3 aromatic carbocycles. The van der Waals surface area contributed by atoms with Crippen LogP contribution in [0, 0.1) is 6.92 Å². The van der Waals surface area contributed by atoms with Gasteiger partial charge in [-0.25, -0.2) is 0 Å². The van der Waals surface area contributed by atoms with Gasteiger partial charge in [0.2, 0.25) is 0 Å². The van der Waals surface area contributed by atoms with Crippen molar-refractivity contribution in [2.75, 3.05) is 0 Å². The Labute approximate surface area is 182 Å². The number of benzene rings is 3. The van der Waals surface area contributed by atoms with Crippen LogP contribution in [-0.4, -0.2) is 10.5 Å². The number of aromatic nitrogens is 1. The van der Waals surface area contributed by atoms with Crippen molar-refractivity contribution < 1.29 is 4.79 Å². The first kappa shape index (κ1) is 20.6. The number of carbonyl (C=O) groups is 1. The Morgan fingerprint density at radius 1 is 0.871 bits per heavy atom. The summed E-state index contributed by atoms with van der Waals surface area (Å²) in [4.78, 5) is 26.8. The highest BCUT2D eigenvalue weighted by atomic mass is 16.2. The topological polar surface area (TPSA) is 51.1 Å². The van der Waals surface area contributed by atoms with E-state index in [9.17, 15) is 9.59 Å². The number of carbonyl (C=O) groups excluding carboxylic acids is 1. The maximum absolute atomic E-state index is 13.5. The van der Waals surface area contributed by atoms with Crippen molar-refractivity contribution in [1.29, 1.82) is 0 Å². The van der Waals surface area contributed by atoms with Crippen LogP contribution in [0.4, 0.5) is 0 Å². The number of hydrogen-bond acceptors (Lipinski definition) is 2. The summed E-state index contributed by atoms with van der Waals surface area (Å²) in [6.45, 7) is 4.33. The van der Waals surface area contributed by atoms with Crippen LogP contribution in [0.2, 0.25) is 0 Å². The molecule has 4 heteroatoms. The first-order valence-corrected chi connectivity index (χ1v) is 10.6. The minimum absolute atomic E-state index is 0.0800. The molecule has 1 amide bonds. The number of amides is 1. The summed E-state index contributed by atoms with van der Waals surface area (Å²) in [5.41, 5.74) is 3.24. The Bertz CT molecular complexity index is 1260. The van der Waals surface area contributed by atoms with Crippen LogP contribution in [0.15, 0.2) is 89.7 Å². The molecule has 156 valence electrons.